The van der Waals surface area contributed by atoms with Crippen LogP contribution in [0, 0.1) is 10.1 Å². The van der Waals surface area contributed by atoms with Crippen LogP contribution in [0.2, 0.25) is 0 Å². The number of carbonyl (C=O) groups excluding carboxylic acids is 1. The molecule has 0 aliphatic rings. The standard InChI is InChI=1S/C19H18N2O4/c1-2-25-19(22)18(21(23)24)17(13-8-4-3-5-9-13)15-12-20-16-11-7-6-10-14(15)16/h3-12,17-18,20H,2H2,1H3. The molecule has 6 heteroatoms. The molecule has 0 bridgehead atoms. The zero-order chi connectivity index (χ0) is 17.8. The highest BCUT2D eigenvalue weighted by molar-refractivity contribution is 5.86. The van der Waals surface area contributed by atoms with E-state index in [9.17, 15) is 14.9 Å². The van der Waals surface area contributed by atoms with Crippen LogP contribution in [0.1, 0.15) is 24.0 Å². The van der Waals surface area contributed by atoms with Gasteiger partial charge in [-0.25, -0.2) is 4.79 Å². The molecule has 0 saturated carbocycles. The Kier molecular flexibility index (Phi) is 4.79. The van der Waals surface area contributed by atoms with Gasteiger partial charge >= 0.3 is 12.0 Å². The smallest absolute Gasteiger partial charge is 0.382 e. The molecule has 1 heterocycles. The van der Waals surface area contributed by atoms with Gasteiger partial charge in [0.2, 0.25) is 0 Å². The molecule has 0 saturated heterocycles. The molecule has 2 atom stereocenters. The Bertz CT molecular complexity index is 889. The Morgan fingerprint density at radius 3 is 2.52 bits per heavy atom. The summed E-state index contributed by atoms with van der Waals surface area (Å²) in [7, 11) is 0. The van der Waals surface area contributed by atoms with Gasteiger partial charge in [-0.15, -0.1) is 0 Å². The average molecular weight is 338 g/mol. The lowest BCUT2D eigenvalue weighted by atomic mass is 9.85. The van der Waals surface area contributed by atoms with E-state index in [2.05, 4.69) is 4.98 Å². The number of aromatic nitrogens is 1. The minimum atomic E-state index is -1.51. The number of H-pyrrole nitrogens is 1. The third-order valence-electron chi connectivity index (χ3n) is 4.19. The molecule has 3 rings (SSSR count). The first-order chi connectivity index (χ1) is 12.1. The number of para-hydroxylation sites is 1. The fourth-order valence-corrected chi connectivity index (χ4v) is 3.12. The first kappa shape index (κ1) is 16.7. The number of nitrogens with zero attached hydrogens (tertiary/aromatic N) is 1. The summed E-state index contributed by atoms with van der Waals surface area (Å²) in [6, 6.07) is 15.1. The van der Waals surface area contributed by atoms with E-state index < -0.39 is 22.9 Å². The Balaban J connectivity index is 2.19. The number of rotatable bonds is 6. The number of nitro groups is 1. The van der Waals surface area contributed by atoms with E-state index in [4.69, 9.17) is 4.74 Å². The maximum atomic E-state index is 12.4. The average Bonchev–Trinajstić information content (AvgIpc) is 3.04. The fraction of sp³-hybridized carbons (Fsp3) is 0.211. The van der Waals surface area contributed by atoms with Gasteiger partial charge < -0.3 is 9.72 Å². The molecule has 6 nitrogen and oxygen atoms in total. The zero-order valence-electron chi connectivity index (χ0n) is 13.7. The summed E-state index contributed by atoms with van der Waals surface area (Å²) in [5.41, 5.74) is 2.27. The van der Waals surface area contributed by atoms with Crippen molar-refractivity contribution in [3.8, 4) is 0 Å². The van der Waals surface area contributed by atoms with Gasteiger partial charge in [-0.3, -0.25) is 10.1 Å². The predicted molar refractivity (Wildman–Crippen MR) is 94.0 cm³/mol. The fourth-order valence-electron chi connectivity index (χ4n) is 3.12. The Labute approximate surface area is 144 Å². The second-order valence-electron chi connectivity index (χ2n) is 5.66. The number of aromatic amines is 1. The summed E-state index contributed by atoms with van der Waals surface area (Å²) in [6.45, 7) is 1.73. The second kappa shape index (κ2) is 7.17. The molecular formula is C19H18N2O4. The summed E-state index contributed by atoms with van der Waals surface area (Å²) in [6.07, 6.45) is 1.73. The van der Waals surface area contributed by atoms with Crippen LogP contribution in [0.15, 0.2) is 60.8 Å². The van der Waals surface area contributed by atoms with E-state index in [-0.39, 0.29) is 6.61 Å². The Morgan fingerprint density at radius 1 is 1.16 bits per heavy atom. The van der Waals surface area contributed by atoms with Gasteiger partial charge in [0, 0.05) is 22.0 Å². The highest BCUT2D eigenvalue weighted by atomic mass is 16.6. The van der Waals surface area contributed by atoms with Crippen LogP contribution in [0.3, 0.4) is 0 Å². The van der Waals surface area contributed by atoms with Crippen molar-refractivity contribution in [3.63, 3.8) is 0 Å². The van der Waals surface area contributed by atoms with Crippen LogP contribution in [0.4, 0.5) is 0 Å². The first-order valence-electron chi connectivity index (χ1n) is 8.04. The van der Waals surface area contributed by atoms with E-state index in [1.165, 1.54) is 0 Å². The monoisotopic (exact) mass is 338 g/mol. The third kappa shape index (κ3) is 3.24. The van der Waals surface area contributed by atoms with Crippen LogP contribution in [0.5, 0.6) is 0 Å². The number of ether oxygens (including phenoxy) is 1. The topological polar surface area (TPSA) is 85.2 Å². The molecule has 0 spiro atoms. The number of carbonyl (C=O) groups is 1. The van der Waals surface area contributed by atoms with Gasteiger partial charge in [0.15, 0.2) is 0 Å². The number of hydrogen-bond donors (Lipinski definition) is 1. The summed E-state index contributed by atoms with van der Waals surface area (Å²) in [4.78, 5) is 26.7. The van der Waals surface area contributed by atoms with Crippen molar-refractivity contribution in [2.45, 2.75) is 18.9 Å². The third-order valence-corrected chi connectivity index (χ3v) is 4.19. The molecular weight excluding hydrogens is 320 g/mol. The number of nitrogens with one attached hydrogen (secondary N) is 1. The molecule has 0 radical (unpaired) electrons. The lowest BCUT2D eigenvalue weighted by molar-refractivity contribution is -0.513. The quantitative estimate of drug-likeness (QED) is 0.423. The molecule has 2 unspecified atom stereocenters. The van der Waals surface area contributed by atoms with Crippen LogP contribution < -0.4 is 0 Å². The van der Waals surface area contributed by atoms with Gasteiger partial charge in [-0.2, -0.15) is 0 Å². The number of hydrogen-bond acceptors (Lipinski definition) is 4. The maximum absolute atomic E-state index is 12.4. The summed E-state index contributed by atoms with van der Waals surface area (Å²) in [5, 5.41) is 12.6. The van der Waals surface area contributed by atoms with Crippen LogP contribution in [0.25, 0.3) is 10.9 Å². The predicted octanol–water partition coefficient (Wildman–Crippen LogP) is 3.51. The highest BCUT2D eigenvalue weighted by Gasteiger charge is 2.43. The molecule has 0 aliphatic carbocycles. The number of fused-ring (bicyclic) bond motifs is 1. The van der Waals surface area contributed by atoms with Crippen molar-refractivity contribution in [2.24, 2.45) is 0 Å². The molecule has 0 amide bonds. The minimum absolute atomic E-state index is 0.0958. The normalized spacial score (nSPS) is 13.3. The molecule has 3 aromatic rings. The first-order valence-corrected chi connectivity index (χ1v) is 8.04. The molecule has 1 aromatic heterocycles. The molecule has 128 valence electrons. The summed E-state index contributed by atoms with van der Waals surface area (Å²) in [5.74, 6) is -1.57. The van der Waals surface area contributed by atoms with Gasteiger partial charge in [0.1, 0.15) is 0 Å². The van der Waals surface area contributed by atoms with E-state index in [0.717, 1.165) is 10.9 Å². The maximum Gasteiger partial charge on any atom is 0.382 e. The molecule has 0 aliphatic heterocycles. The van der Waals surface area contributed by atoms with Crippen molar-refractivity contribution in [1.29, 1.82) is 0 Å². The van der Waals surface area contributed by atoms with Gasteiger partial charge in [0.05, 0.1) is 12.5 Å². The molecule has 25 heavy (non-hydrogen) atoms. The van der Waals surface area contributed by atoms with Crippen LogP contribution in [-0.4, -0.2) is 28.5 Å². The van der Waals surface area contributed by atoms with Crippen molar-refractivity contribution in [3.05, 3.63) is 82.0 Å². The van der Waals surface area contributed by atoms with E-state index >= 15 is 0 Å². The molecule has 1 N–H and O–H groups in total. The van der Waals surface area contributed by atoms with Crippen molar-refractivity contribution in [1.82, 2.24) is 4.98 Å². The summed E-state index contributed by atoms with van der Waals surface area (Å²) >= 11 is 0. The van der Waals surface area contributed by atoms with Crippen LogP contribution >= 0.6 is 0 Å². The SMILES string of the molecule is CCOC(=O)C(C(c1ccccc1)c1c[nH]c2ccccc12)[N+](=O)[O-]. The van der Waals surface area contributed by atoms with Gasteiger partial charge in [-0.05, 0) is 24.1 Å². The Morgan fingerprint density at radius 2 is 1.84 bits per heavy atom. The van der Waals surface area contributed by atoms with Crippen molar-refractivity contribution < 1.29 is 14.5 Å². The second-order valence-corrected chi connectivity index (χ2v) is 5.66. The van der Waals surface area contributed by atoms with Gasteiger partial charge in [0.25, 0.3) is 0 Å². The number of esters is 1. The lowest BCUT2D eigenvalue weighted by Crippen LogP contribution is -2.37. The summed E-state index contributed by atoms with van der Waals surface area (Å²) < 4.78 is 4.99. The minimum Gasteiger partial charge on any atom is -0.461 e. The highest BCUT2D eigenvalue weighted by Crippen LogP contribution is 2.35. The van der Waals surface area contributed by atoms with Crippen LogP contribution in [-0.2, 0) is 9.53 Å². The Hall–Kier alpha value is -3.15. The zero-order valence-corrected chi connectivity index (χ0v) is 13.7. The lowest BCUT2D eigenvalue weighted by Gasteiger charge is -2.20. The largest absolute Gasteiger partial charge is 0.461 e. The van der Waals surface area contributed by atoms with E-state index in [1.54, 1.807) is 37.4 Å². The molecule has 0 fully saturated rings. The molecule has 2 aromatic carbocycles. The number of benzene rings is 2. The van der Waals surface area contributed by atoms with Crippen molar-refractivity contribution >= 4 is 16.9 Å². The van der Waals surface area contributed by atoms with Gasteiger partial charge in [-0.1, -0.05) is 48.5 Å². The van der Waals surface area contributed by atoms with E-state index in [0.29, 0.717) is 11.1 Å². The van der Waals surface area contributed by atoms with Crippen molar-refractivity contribution in [2.75, 3.05) is 6.61 Å². The van der Waals surface area contributed by atoms with E-state index in [1.807, 2.05) is 30.3 Å².